The second-order valence-electron chi connectivity index (χ2n) is 1.49. The fourth-order valence-corrected chi connectivity index (χ4v) is 0.169. The van der Waals surface area contributed by atoms with Gasteiger partial charge in [-0.1, -0.05) is 0 Å². The number of hydrogen-bond donors (Lipinski definition) is 2. The highest BCUT2D eigenvalue weighted by molar-refractivity contribution is 6.21. The van der Waals surface area contributed by atoms with Crippen LogP contribution in [-0.2, 0) is 9.59 Å². The molecule has 0 spiro atoms. The Labute approximate surface area is 69.9 Å². The molecular formula is C6H13NO5. The zero-order valence-corrected chi connectivity index (χ0v) is 6.94. The lowest BCUT2D eigenvalue weighted by Gasteiger charge is -1.74. The summed E-state index contributed by atoms with van der Waals surface area (Å²) < 4.78 is 0. The summed E-state index contributed by atoms with van der Waals surface area (Å²) in [4.78, 5) is 22.1. The lowest BCUT2D eigenvalue weighted by Crippen LogP contribution is -1.94. The van der Waals surface area contributed by atoms with E-state index in [0.717, 1.165) is 13.1 Å². The average molecular weight is 179 g/mol. The van der Waals surface area contributed by atoms with Crippen LogP contribution in [0.2, 0.25) is 0 Å². The van der Waals surface area contributed by atoms with Crippen molar-refractivity contribution in [3.05, 3.63) is 0 Å². The molecule has 12 heavy (non-hydrogen) atoms. The molecule has 0 atom stereocenters. The van der Waals surface area contributed by atoms with Gasteiger partial charge in [-0.2, -0.15) is 0 Å². The molecule has 0 heterocycles. The number of carbonyl (C=O) groups is 2. The lowest BCUT2D eigenvalue weighted by molar-refractivity contribution is -0.134. The van der Waals surface area contributed by atoms with Gasteiger partial charge in [0.1, 0.15) is 6.21 Å². The maximum atomic E-state index is 9.61. The van der Waals surface area contributed by atoms with Crippen molar-refractivity contribution in [1.29, 1.82) is 0 Å². The Hall–Kier alpha value is -1.43. The van der Waals surface area contributed by atoms with Crippen molar-refractivity contribution in [2.75, 3.05) is 6.54 Å². The molecule has 0 radical (unpaired) electrons. The first-order chi connectivity index (χ1) is 5.00. The fraction of sp³-hybridized carbons (Fsp3) is 0.500. The molecule has 0 rings (SSSR count). The molecule has 0 amide bonds. The fourth-order valence-electron chi connectivity index (χ4n) is 0.169. The van der Waals surface area contributed by atoms with Crippen molar-refractivity contribution in [2.45, 2.75) is 13.8 Å². The number of nitrogens with zero attached hydrogens (tertiary/aromatic N) is 1. The normalized spacial score (nSPS) is 7.83. The van der Waals surface area contributed by atoms with Crippen LogP contribution in [0.5, 0.6) is 0 Å². The highest BCUT2D eigenvalue weighted by atomic mass is 16.4. The van der Waals surface area contributed by atoms with Gasteiger partial charge in [0, 0.05) is 13.5 Å². The SMILES string of the molecule is CC(=O)O.CCN=CC(=O)O.O. The van der Waals surface area contributed by atoms with Crippen LogP contribution in [0.1, 0.15) is 13.8 Å². The molecule has 0 unspecified atom stereocenters. The maximum absolute atomic E-state index is 9.61. The molecule has 0 aromatic rings. The number of aliphatic imine (C=N–C) groups is 1. The minimum Gasteiger partial charge on any atom is -0.481 e. The third-order valence-electron chi connectivity index (χ3n) is 0.384. The van der Waals surface area contributed by atoms with E-state index in [9.17, 15) is 4.79 Å². The molecule has 4 N–H and O–H groups in total. The first-order valence-corrected chi connectivity index (χ1v) is 2.93. The topological polar surface area (TPSA) is 118 Å². The number of rotatable bonds is 2. The number of carboxylic acids is 2. The van der Waals surface area contributed by atoms with Crippen molar-refractivity contribution in [3.8, 4) is 0 Å². The molecule has 0 fully saturated rings. The van der Waals surface area contributed by atoms with Crippen molar-refractivity contribution >= 4 is 18.2 Å². The zero-order chi connectivity index (χ0) is 9.28. The van der Waals surface area contributed by atoms with E-state index in [-0.39, 0.29) is 5.48 Å². The summed E-state index contributed by atoms with van der Waals surface area (Å²) in [7, 11) is 0. The third-order valence-corrected chi connectivity index (χ3v) is 0.384. The van der Waals surface area contributed by atoms with Crippen molar-refractivity contribution in [2.24, 2.45) is 4.99 Å². The van der Waals surface area contributed by atoms with E-state index in [4.69, 9.17) is 15.0 Å². The lowest BCUT2D eigenvalue weighted by atomic mass is 10.7. The predicted molar refractivity (Wildman–Crippen MR) is 43.6 cm³/mol. The van der Waals surface area contributed by atoms with Crippen molar-refractivity contribution in [1.82, 2.24) is 0 Å². The number of hydrogen-bond acceptors (Lipinski definition) is 3. The van der Waals surface area contributed by atoms with Gasteiger partial charge >= 0.3 is 5.97 Å². The molecule has 6 nitrogen and oxygen atoms in total. The van der Waals surface area contributed by atoms with Gasteiger partial charge in [0.25, 0.3) is 5.97 Å². The molecule has 0 aromatic heterocycles. The van der Waals surface area contributed by atoms with Gasteiger partial charge in [0.2, 0.25) is 0 Å². The van der Waals surface area contributed by atoms with Gasteiger partial charge in [0.15, 0.2) is 0 Å². The monoisotopic (exact) mass is 179 g/mol. The largest absolute Gasteiger partial charge is 0.481 e. The van der Waals surface area contributed by atoms with E-state index < -0.39 is 11.9 Å². The molecule has 0 aliphatic rings. The van der Waals surface area contributed by atoms with Crippen LogP contribution in [0.15, 0.2) is 4.99 Å². The Morgan fingerprint density at radius 3 is 1.83 bits per heavy atom. The van der Waals surface area contributed by atoms with Crippen LogP contribution in [0.25, 0.3) is 0 Å². The van der Waals surface area contributed by atoms with Crippen molar-refractivity contribution < 1.29 is 25.3 Å². The molecule has 0 aliphatic heterocycles. The van der Waals surface area contributed by atoms with Gasteiger partial charge < -0.3 is 15.7 Å². The van der Waals surface area contributed by atoms with Gasteiger partial charge in [-0.05, 0) is 6.92 Å². The Morgan fingerprint density at radius 1 is 1.42 bits per heavy atom. The first-order valence-electron chi connectivity index (χ1n) is 2.93. The van der Waals surface area contributed by atoms with Crippen LogP contribution in [0.3, 0.4) is 0 Å². The Morgan fingerprint density at radius 2 is 1.75 bits per heavy atom. The summed E-state index contributed by atoms with van der Waals surface area (Å²) >= 11 is 0. The van der Waals surface area contributed by atoms with Crippen LogP contribution >= 0.6 is 0 Å². The molecule has 0 aromatic carbocycles. The molecular weight excluding hydrogens is 166 g/mol. The number of aliphatic carboxylic acids is 2. The smallest absolute Gasteiger partial charge is 0.346 e. The highest BCUT2D eigenvalue weighted by Crippen LogP contribution is 1.61. The molecule has 72 valence electrons. The van der Waals surface area contributed by atoms with E-state index in [1.54, 1.807) is 6.92 Å². The summed E-state index contributed by atoms with van der Waals surface area (Å²) in [5.74, 6) is -1.82. The van der Waals surface area contributed by atoms with Crippen LogP contribution in [-0.4, -0.2) is 40.4 Å². The van der Waals surface area contributed by atoms with Crippen LogP contribution in [0.4, 0.5) is 0 Å². The summed E-state index contributed by atoms with van der Waals surface area (Å²) in [6.07, 6.45) is 0.889. The minimum atomic E-state index is -0.984. The zero-order valence-electron chi connectivity index (χ0n) is 6.94. The second-order valence-corrected chi connectivity index (χ2v) is 1.49. The molecule has 0 saturated carbocycles. The third kappa shape index (κ3) is 74.4. The van der Waals surface area contributed by atoms with E-state index in [1.807, 2.05) is 0 Å². The van der Waals surface area contributed by atoms with Crippen molar-refractivity contribution in [3.63, 3.8) is 0 Å². The van der Waals surface area contributed by atoms with Crippen LogP contribution < -0.4 is 0 Å². The summed E-state index contributed by atoms with van der Waals surface area (Å²) in [5.41, 5.74) is 0. The Bertz CT molecular complexity index is 150. The highest BCUT2D eigenvalue weighted by Gasteiger charge is 1.80. The molecule has 0 aliphatic carbocycles. The van der Waals surface area contributed by atoms with Gasteiger partial charge in [-0.3, -0.25) is 9.79 Å². The Balaban J connectivity index is -0.000000142. The van der Waals surface area contributed by atoms with Gasteiger partial charge in [0.05, 0.1) is 0 Å². The van der Waals surface area contributed by atoms with Gasteiger partial charge in [-0.15, -0.1) is 0 Å². The second kappa shape index (κ2) is 12.3. The van der Waals surface area contributed by atoms with E-state index in [2.05, 4.69) is 4.99 Å². The standard InChI is InChI=1S/C4H7NO2.C2H4O2.H2O/c1-2-5-3-4(6)7;1-2(3)4;/h3H,2H2,1H3,(H,6,7);1H3,(H,3,4);1H2. The molecule has 0 saturated heterocycles. The Kier molecular flexibility index (Phi) is 17.3. The van der Waals surface area contributed by atoms with Crippen LogP contribution in [0, 0.1) is 0 Å². The summed E-state index contributed by atoms with van der Waals surface area (Å²) in [6, 6.07) is 0. The number of carboxylic acid groups (broad SMARTS) is 2. The summed E-state index contributed by atoms with van der Waals surface area (Å²) in [5, 5.41) is 15.3. The maximum Gasteiger partial charge on any atom is 0.346 e. The predicted octanol–water partition coefficient (Wildman–Crippen LogP) is -0.572. The first kappa shape index (κ1) is 16.9. The van der Waals surface area contributed by atoms with E-state index >= 15 is 0 Å². The van der Waals surface area contributed by atoms with Gasteiger partial charge in [-0.25, -0.2) is 4.79 Å². The summed E-state index contributed by atoms with van der Waals surface area (Å²) in [6.45, 7) is 3.39. The van der Waals surface area contributed by atoms with E-state index in [0.29, 0.717) is 6.54 Å². The minimum absolute atomic E-state index is 0. The molecule has 6 heteroatoms. The average Bonchev–Trinajstić information content (AvgIpc) is 1.82. The quantitative estimate of drug-likeness (QED) is 0.551. The van der Waals surface area contributed by atoms with E-state index in [1.165, 1.54) is 0 Å². The molecule has 0 bridgehead atoms.